The lowest BCUT2D eigenvalue weighted by molar-refractivity contribution is 0.139. The molecule has 0 radical (unpaired) electrons. The maximum absolute atomic E-state index is 10.5. The molecule has 0 aromatic heterocycles. The van der Waals surface area contributed by atoms with E-state index in [2.05, 4.69) is 24.0 Å². The van der Waals surface area contributed by atoms with E-state index in [1.165, 1.54) is 64.6 Å². The summed E-state index contributed by atoms with van der Waals surface area (Å²) in [5.41, 5.74) is 1.63. The monoisotopic (exact) mass is 375 g/mol. The molecule has 3 aliphatic rings. The molecule has 0 amide bonds. The molecule has 27 heavy (non-hydrogen) atoms. The Labute approximate surface area is 166 Å². The van der Waals surface area contributed by atoms with Gasteiger partial charge in [-0.15, -0.1) is 0 Å². The van der Waals surface area contributed by atoms with E-state index in [1.54, 1.807) is 5.57 Å². The standard InChI is InChI=1S/C24H41NO2/c1-2-3-4-10-21(26)11-12-22-23-17-19(16-20(23)18-24(22)27)9-5-6-13-25-14-7-8-15-25/h11-12,16,20-24,26-27H,2-10,13-15,17-18H2,1H3/t20-,21-,22+,23-,24+/m0/s1. The van der Waals surface area contributed by atoms with Crippen LogP contribution in [0.5, 0.6) is 0 Å². The van der Waals surface area contributed by atoms with E-state index in [4.69, 9.17) is 0 Å². The first-order chi connectivity index (χ1) is 13.2. The van der Waals surface area contributed by atoms with E-state index in [1.807, 2.05) is 6.08 Å². The Morgan fingerprint density at radius 1 is 1.19 bits per heavy atom. The van der Waals surface area contributed by atoms with Gasteiger partial charge >= 0.3 is 0 Å². The minimum Gasteiger partial charge on any atom is -0.392 e. The van der Waals surface area contributed by atoms with Crippen LogP contribution in [0.25, 0.3) is 0 Å². The summed E-state index contributed by atoms with van der Waals surface area (Å²) in [6, 6.07) is 0. The van der Waals surface area contributed by atoms with E-state index in [0.717, 1.165) is 25.7 Å². The highest BCUT2D eigenvalue weighted by atomic mass is 16.3. The summed E-state index contributed by atoms with van der Waals surface area (Å²) in [5.74, 6) is 1.35. The molecular formula is C24H41NO2. The van der Waals surface area contributed by atoms with Gasteiger partial charge in [-0.25, -0.2) is 0 Å². The lowest BCUT2D eigenvalue weighted by atomic mass is 9.88. The Balaban J connectivity index is 1.39. The van der Waals surface area contributed by atoms with E-state index in [-0.39, 0.29) is 18.1 Å². The maximum Gasteiger partial charge on any atom is 0.0721 e. The van der Waals surface area contributed by atoms with Crippen LogP contribution in [0.15, 0.2) is 23.8 Å². The number of unbranched alkanes of at least 4 members (excludes halogenated alkanes) is 3. The van der Waals surface area contributed by atoms with Gasteiger partial charge in [0.2, 0.25) is 0 Å². The lowest BCUT2D eigenvalue weighted by Gasteiger charge is -2.19. The second kappa shape index (κ2) is 10.8. The third-order valence-corrected chi connectivity index (χ3v) is 7.03. The van der Waals surface area contributed by atoms with Crippen LogP contribution in [0, 0.1) is 17.8 Å². The average Bonchev–Trinajstić information content (AvgIpc) is 3.34. The molecule has 1 heterocycles. The van der Waals surface area contributed by atoms with Crippen molar-refractivity contribution in [3.63, 3.8) is 0 Å². The Kier molecular flexibility index (Phi) is 8.42. The van der Waals surface area contributed by atoms with Gasteiger partial charge in [-0.1, -0.05) is 50.0 Å². The van der Waals surface area contributed by atoms with Crippen LogP contribution in [0.2, 0.25) is 0 Å². The Morgan fingerprint density at radius 2 is 2.00 bits per heavy atom. The van der Waals surface area contributed by atoms with Gasteiger partial charge in [0.15, 0.2) is 0 Å². The molecule has 2 N–H and O–H groups in total. The molecule has 3 rings (SSSR count). The molecule has 0 unspecified atom stereocenters. The molecule has 5 atom stereocenters. The van der Waals surface area contributed by atoms with Crippen LogP contribution in [-0.2, 0) is 0 Å². The Bertz CT molecular complexity index is 495. The largest absolute Gasteiger partial charge is 0.392 e. The summed E-state index contributed by atoms with van der Waals surface area (Å²) in [4.78, 5) is 2.61. The smallest absolute Gasteiger partial charge is 0.0721 e. The van der Waals surface area contributed by atoms with Crippen molar-refractivity contribution in [3.8, 4) is 0 Å². The molecule has 0 aromatic rings. The first kappa shape index (κ1) is 21.1. The van der Waals surface area contributed by atoms with Gasteiger partial charge in [-0.05, 0) is 82.8 Å². The summed E-state index contributed by atoms with van der Waals surface area (Å²) in [7, 11) is 0. The number of allylic oxidation sites excluding steroid dienone is 2. The molecule has 0 aromatic carbocycles. The molecule has 0 spiro atoms. The van der Waals surface area contributed by atoms with E-state index >= 15 is 0 Å². The number of rotatable bonds is 11. The summed E-state index contributed by atoms with van der Waals surface area (Å²) in [5, 5.41) is 20.6. The van der Waals surface area contributed by atoms with Gasteiger partial charge in [-0.3, -0.25) is 0 Å². The van der Waals surface area contributed by atoms with Crippen molar-refractivity contribution >= 4 is 0 Å². The zero-order valence-corrected chi connectivity index (χ0v) is 17.4. The van der Waals surface area contributed by atoms with Gasteiger partial charge in [-0.2, -0.15) is 0 Å². The van der Waals surface area contributed by atoms with Crippen LogP contribution >= 0.6 is 0 Å². The first-order valence-electron chi connectivity index (χ1n) is 11.6. The van der Waals surface area contributed by atoms with Crippen LogP contribution < -0.4 is 0 Å². The minimum atomic E-state index is -0.345. The van der Waals surface area contributed by atoms with Crippen molar-refractivity contribution in [2.45, 2.75) is 89.8 Å². The molecule has 1 aliphatic heterocycles. The van der Waals surface area contributed by atoms with Gasteiger partial charge in [0.25, 0.3) is 0 Å². The highest BCUT2D eigenvalue weighted by molar-refractivity contribution is 5.21. The van der Waals surface area contributed by atoms with Crippen molar-refractivity contribution in [2.24, 2.45) is 17.8 Å². The second-order valence-corrected chi connectivity index (χ2v) is 9.19. The SMILES string of the molecule is CCCCC[C@H](O)C=C[C@@H]1[C@H]2CC(CCCCN3CCCC3)=C[C@H]2C[C@H]1O. The van der Waals surface area contributed by atoms with Gasteiger partial charge in [0.1, 0.15) is 0 Å². The fraction of sp³-hybridized carbons (Fsp3) is 0.833. The van der Waals surface area contributed by atoms with Crippen molar-refractivity contribution in [2.75, 3.05) is 19.6 Å². The van der Waals surface area contributed by atoms with E-state index in [0.29, 0.717) is 11.8 Å². The molecule has 154 valence electrons. The Hall–Kier alpha value is -0.640. The summed E-state index contributed by atoms with van der Waals surface area (Å²) < 4.78 is 0. The molecular weight excluding hydrogens is 334 g/mol. The van der Waals surface area contributed by atoms with Crippen LogP contribution in [0.1, 0.15) is 77.6 Å². The number of nitrogens with zero attached hydrogens (tertiary/aromatic N) is 1. The van der Waals surface area contributed by atoms with Gasteiger partial charge < -0.3 is 15.1 Å². The van der Waals surface area contributed by atoms with E-state index in [9.17, 15) is 10.2 Å². The highest BCUT2D eigenvalue weighted by Gasteiger charge is 2.43. The highest BCUT2D eigenvalue weighted by Crippen LogP contribution is 2.48. The van der Waals surface area contributed by atoms with Crippen molar-refractivity contribution in [1.29, 1.82) is 0 Å². The third-order valence-electron chi connectivity index (χ3n) is 7.03. The summed E-state index contributed by atoms with van der Waals surface area (Å²) >= 11 is 0. The number of hydrogen-bond acceptors (Lipinski definition) is 3. The molecule has 3 nitrogen and oxygen atoms in total. The zero-order chi connectivity index (χ0) is 19.1. The molecule has 2 fully saturated rings. The fourth-order valence-corrected chi connectivity index (χ4v) is 5.44. The van der Waals surface area contributed by atoms with Crippen LogP contribution in [0.3, 0.4) is 0 Å². The molecule has 1 saturated carbocycles. The molecule has 0 bridgehead atoms. The fourth-order valence-electron chi connectivity index (χ4n) is 5.44. The Morgan fingerprint density at radius 3 is 2.78 bits per heavy atom. The summed E-state index contributed by atoms with van der Waals surface area (Å²) in [6.07, 6.45) is 19.0. The third kappa shape index (κ3) is 6.17. The summed E-state index contributed by atoms with van der Waals surface area (Å²) in [6.45, 7) is 6.08. The van der Waals surface area contributed by atoms with E-state index < -0.39 is 0 Å². The van der Waals surface area contributed by atoms with Crippen LogP contribution in [0.4, 0.5) is 0 Å². The number of aliphatic hydroxyl groups excluding tert-OH is 2. The van der Waals surface area contributed by atoms with Crippen molar-refractivity contribution in [1.82, 2.24) is 4.90 Å². The average molecular weight is 376 g/mol. The topological polar surface area (TPSA) is 43.7 Å². The maximum atomic E-state index is 10.5. The van der Waals surface area contributed by atoms with Gasteiger partial charge in [0, 0.05) is 5.92 Å². The zero-order valence-electron chi connectivity index (χ0n) is 17.4. The number of aliphatic hydroxyl groups is 2. The van der Waals surface area contributed by atoms with Crippen molar-refractivity contribution in [3.05, 3.63) is 23.8 Å². The quantitative estimate of drug-likeness (QED) is 0.407. The first-order valence-corrected chi connectivity index (χ1v) is 11.6. The normalized spacial score (nSPS) is 32.3. The minimum absolute atomic E-state index is 0.230. The number of hydrogen-bond donors (Lipinski definition) is 2. The predicted molar refractivity (Wildman–Crippen MR) is 113 cm³/mol. The lowest BCUT2D eigenvalue weighted by Crippen LogP contribution is -2.20. The van der Waals surface area contributed by atoms with Gasteiger partial charge in [0.05, 0.1) is 12.2 Å². The molecule has 3 heteroatoms. The molecule has 2 aliphatic carbocycles. The van der Waals surface area contributed by atoms with Crippen molar-refractivity contribution < 1.29 is 10.2 Å². The predicted octanol–water partition coefficient (Wildman–Crippen LogP) is 4.69. The number of likely N-dealkylation sites (tertiary alicyclic amines) is 1. The number of fused-ring (bicyclic) bond motifs is 1. The van der Waals surface area contributed by atoms with Crippen LogP contribution in [-0.4, -0.2) is 47.0 Å². The molecule has 1 saturated heterocycles. The second-order valence-electron chi connectivity index (χ2n) is 9.19.